The number of fused-ring (bicyclic) bond motifs is 1. The van der Waals surface area contributed by atoms with Gasteiger partial charge in [0, 0.05) is 25.3 Å². The summed E-state index contributed by atoms with van der Waals surface area (Å²) in [6, 6.07) is 8.01. The molecule has 2 atom stereocenters. The third kappa shape index (κ3) is 2.35. The van der Waals surface area contributed by atoms with Gasteiger partial charge in [-0.2, -0.15) is 0 Å². The molecule has 0 bridgehead atoms. The van der Waals surface area contributed by atoms with Gasteiger partial charge in [0.1, 0.15) is 0 Å². The third-order valence-corrected chi connectivity index (χ3v) is 4.22. The summed E-state index contributed by atoms with van der Waals surface area (Å²) < 4.78 is 0. The Bertz CT molecular complexity index is 544. The lowest BCUT2D eigenvalue weighted by atomic mass is 9.93. The lowest BCUT2D eigenvalue weighted by Gasteiger charge is -2.28. The topological polar surface area (TPSA) is 69.6 Å². The molecule has 0 spiro atoms. The monoisotopic (exact) mass is 274 g/mol. The first kappa shape index (κ1) is 13.0. The summed E-state index contributed by atoms with van der Waals surface area (Å²) in [5, 5.41) is 12.3. The van der Waals surface area contributed by atoms with E-state index < -0.39 is 11.9 Å². The van der Waals surface area contributed by atoms with E-state index in [9.17, 15) is 9.59 Å². The zero-order valence-corrected chi connectivity index (χ0v) is 11.2. The number of rotatable bonds is 2. The zero-order valence-electron chi connectivity index (χ0n) is 11.2. The Morgan fingerprint density at radius 3 is 2.80 bits per heavy atom. The van der Waals surface area contributed by atoms with Gasteiger partial charge in [0.25, 0.3) is 0 Å². The molecule has 2 aliphatic heterocycles. The number of nitrogens with zero attached hydrogens (tertiary/aromatic N) is 1. The molecule has 2 heterocycles. The number of nitrogens with one attached hydrogen (secondary N) is 1. The molecular formula is C15H18N2O3. The molecule has 1 aromatic rings. The maximum atomic E-state index is 12.5. The van der Waals surface area contributed by atoms with Crippen molar-refractivity contribution in [3.63, 3.8) is 0 Å². The first-order valence-corrected chi connectivity index (χ1v) is 6.98. The average Bonchev–Trinajstić information content (AvgIpc) is 2.96. The summed E-state index contributed by atoms with van der Waals surface area (Å²) in [4.78, 5) is 25.1. The largest absolute Gasteiger partial charge is 0.481 e. The molecule has 0 saturated carbocycles. The van der Waals surface area contributed by atoms with Crippen LogP contribution in [-0.2, 0) is 16.0 Å². The molecule has 20 heavy (non-hydrogen) atoms. The van der Waals surface area contributed by atoms with Crippen LogP contribution in [0.3, 0.4) is 0 Å². The lowest BCUT2D eigenvalue weighted by molar-refractivity contribution is -0.141. The maximum absolute atomic E-state index is 12.5. The van der Waals surface area contributed by atoms with Gasteiger partial charge in [-0.15, -0.1) is 0 Å². The van der Waals surface area contributed by atoms with Gasteiger partial charge in [-0.05, 0) is 24.5 Å². The molecule has 106 valence electrons. The summed E-state index contributed by atoms with van der Waals surface area (Å²) in [7, 11) is 0. The Morgan fingerprint density at radius 2 is 2.05 bits per heavy atom. The second-order valence-corrected chi connectivity index (χ2v) is 5.55. The van der Waals surface area contributed by atoms with E-state index in [-0.39, 0.29) is 11.8 Å². The molecule has 1 fully saturated rings. The molecule has 1 saturated heterocycles. The predicted molar refractivity (Wildman–Crippen MR) is 74.4 cm³/mol. The first-order chi connectivity index (χ1) is 9.65. The van der Waals surface area contributed by atoms with Gasteiger partial charge in [0.05, 0.1) is 11.8 Å². The number of carbonyl (C=O) groups is 2. The van der Waals surface area contributed by atoms with Gasteiger partial charge in [0.2, 0.25) is 5.91 Å². The first-order valence-electron chi connectivity index (χ1n) is 6.98. The van der Waals surface area contributed by atoms with Gasteiger partial charge < -0.3 is 15.3 Å². The Morgan fingerprint density at radius 1 is 1.25 bits per heavy atom. The molecule has 1 amide bonds. The number of para-hydroxylation sites is 1. The molecule has 2 unspecified atom stereocenters. The van der Waals surface area contributed by atoms with E-state index in [1.807, 2.05) is 24.3 Å². The van der Waals surface area contributed by atoms with Crippen molar-refractivity contribution < 1.29 is 14.7 Å². The van der Waals surface area contributed by atoms with Crippen molar-refractivity contribution >= 4 is 17.6 Å². The fraction of sp³-hybridized carbons (Fsp3) is 0.467. The second-order valence-electron chi connectivity index (χ2n) is 5.55. The summed E-state index contributed by atoms with van der Waals surface area (Å²) in [5.74, 6) is -1.21. The maximum Gasteiger partial charge on any atom is 0.308 e. The van der Waals surface area contributed by atoms with Crippen molar-refractivity contribution in [3.05, 3.63) is 29.8 Å². The number of carboxylic acids is 1. The fourth-order valence-corrected chi connectivity index (χ4v) is 3.04. The van der Waals surface area contributed by atoms with E-state index in [1.54, 1.807) is 4.90 Å². The molecule has 1 aromatic carbocycles. The van der Waals surface area contributed by atoms with Crippen LogP contribution in [-0.4, -0.2) is 41.5 Å². The van der Waals surface area contributed by atoms with Crippen molar-refractivity contribution in [1.29, 1.82) is 0 Å². The van der Waals surface area contributed by atoms with Crippen LogP contribution < -0.4 is 5.32 Å². The second kappa shape index (κ2) is 5.15. The van der Waals surface area contributed by atoms with E-state index in [0.717, 1.165) is 17.7 Å². The number of hydrogen-bond donors (Lipinski definition) is 2. The number of amides is 1. The molecule has 2 N–H and O–H groups in total. The van der Waals surface area contributed by atoms with Crippen molar-refractivity contribution in [2.75, 3.05) is 25.0 Å². The molecular weight excluding hydrogens is 256 g/mol. The molecule has 0 aromatic heterocycles. The van der Waals surface area contributed by atoms with Crippen molar-refractivity contribution in [3.8, 4) is 0 Å². The summed E-state index contributed by atoms with van der Waals surface area (Å²) in [6.07, 6.45) is 1.30. The van der Waals surface area contributed by atoms with Gasteiger partial charge in [-0.25, -0.2) is 0 Å². The third-order valence-electron chi connectivity index (χ3n) is 4.22. The van der Waals surface area contributed by atoms with E-state index in [4.69, 9.17) is 5.11 Å². The lowest BCUT2D eigenvalue weighted by Crippen LogP contribution is -2.40. The van der Waals surface area contributed by atoms with Crippen LogP contribution in [0.2, 0.25) is 0 Å². The van der Waals surface area contributed by atoms with Crippen LogP contribution in [0.5, 0.6) is 0 Å². The van der Waals surface area contributed by atoms with Crippen molar-refractivity contribution in [2.24, 2.45) is 11.8 Å². The number of anilines is 1. The predicted octanol–water partition coefficient (Wildman–Crippen LogP) is 1.20. The Kier molecular flexibility index (Phi) is 3.34. The Hall–Kier alpha value is -2.04. The highest BCUT2D eigenvalue weighted by molar-refractivity contribution is 5.82. The van der Waals surface area contributed by atoms with Gasteiger partial charge in [-0.1, -0.05) is 18.2 Å². The number of carbonyl (C=O) groups excluding carboxylic acids is 1. The number of hydrogen-bond acceptors (Lipinski definition) is 3. The molecule has 0 aliphatic carbocycles. The van der Waals surface area contributed by atoms with Crippen LogP contribution in [0.4, 0.5) is 5.69 Å². The minimum atomic E-state index is -0.799. The van der Waals surface area contributed by atoms with E-state index in [2.05, 4.69) is 5.32 Å². The quantitative estimate of drug-likeness (QED) is 0.850. The standard InChI is InChI=1S/C15H18N2O3/c18-14(17-6-5-11(9-17)15(19)20)12-7-10-3-1-2-4-13(10)16-8-12/h1-4,11-12,16H,5-9H2,(H,19,20). The smallest absolute Gasteiger partial charge is 0.308 e. The molecule has 0 radical (unpaired) electrons. The van der Waals surface area contributed by atoms with E-state index in [1.165, 1.54) is 0 Å². The van der Waals surface area contributed by atoms with Gasteiger partial charge >= 0.3 is 5.97 Å². The molecule has 3 rings (SSSR count). The van der Waals surface area contributed by atoms with E-state index in [0.29, 0.717) is 26.1 Å². The number of likely N-dealkylation sites (tertiary alicyclic amines) is 1. The fourth-order valence-electron chi connectivity index (χ4n) is 3.04. The van der Waals surface area contributed by atoms with Crippen LogP contribution in [0, 0.1) is 11.8 Å². The number of aliphatic carboxylic acids is 1. The van der Waals surface area contributed by atoms with Gasteiger partial charge in [0.15, 0.2) is 0 Å². The molecule has 2 aliphatic rings. The van der Waals surface area contributed by atoms with Gasteiger partial charge in [-0.3, -0.25) is 9.59 Å². The minimum absolute atomic E-state index is 0.0794. The Labute approximate surface area is 117 Å². The van der Waals surface area contributed by atoms with Crippen LogP contribution >= 0.6 is 0 Å². The van der Waals surface area contributed by atoms with Crippen LogP contribution in [0.15, 0.2) is 24.3 Å². The normalized spacial score (nSPS) is 24.9. The zero-order chi connectivity index (χ0) is 14.1. The highest BCUT2D eigenvalue weighted by atomic mass is 16.4. The molecule has 5 heteroatoms. The minimum Gasteiger partial charge on any atom is -0.481 e. The Balaban J connectivity index is 1.66. The highest BCUT2D eigenvalue weighted by Crippen LogP contribution is 2.27. The SMILES string of the molecule is O=C(O)C1CCN(C(=O)C2CNc3ccccc3C2)C1. The van der Waals surface area contributed by atoms with Crippen LogP contribution in [0.1, 0.15) is 12.0 Å². The van der Waals surface area contributed by atoms with E-state index >= 15 is 0 Å². The van der Waals surface area contributed by atoms with Crippen molar-refractivity contribution in [1.82, 2.24) is 4.90 Å². The summed E-state index contributed by atoms with van der Waals surface area (Å²) in [5.41, 5.74) is 2.26. The number of carboxylic acid groups (broad SMARTS) is 1. The number of benzene rings is 1. The highest BCUT2D eigenvalue weighted by Gasteiger charge is 2.35. The average molecular weight is 274 g/mol. The van der Waals surface area contributed by atoms with Crippen molar-refractivity contribution in [2.45, 2.75) is 12.8 Å². The summed E-state index contributed by atoms with van der Waals surface area (Å²) in [6.45, 7) is 1.55. The van der Waals surface area contributed by atoms with Crippen LogP contribution in [0.25, 0.3) is 0 Å². The summed E-state index contributed by atoms with van der Waals surface area (Å²) >= 11 is 0. The molecule has 5 nitrogen and oxygen atoms in total.